The van der Waals surface area contributed by atoms with Gasteiger partial charge in [0.25, 0.3) is 5.91 Å². The minimum absolute atomic E-state index is 0.317. The predicted octanol–water partition coefficient (Wildman–Crippen LogP) is 3.99. The summed E-state index contributed by atoms with van der Waals surface area (Å²) in [5.41, 5.74) is 5.58. The van der Waals surface area contributed by atoms with Gasteiger partial charge in [-0.25, -0.2) is 9.50 Å². The summed E-state index contributed by atoms with van der Waals surface area (Å²) in [6.45, 7) is 5.76. The van der Waals surface area contributed by atoms with E-state index in [-0.39, 0.29) is 5.91 Å². The van der Waals surface area contributed by atoms with E-state index in [4.69, 9.17) is 0 Å². The van der Waals surface area contributed by atoms with E-state index in [1.165, 1.54) is 6.20 Å². The number of aryl methyl sites for hydroxylation is 3. The van der Waals surface area contributed by atoms with Gasteiger partial charge in [-0.2, -0.15) is 5.10 Å². The van der Waals surface area contributed by atoms with Crippen molar-refractivity contribution in [3.63, 3.8) is 0 Å². The third-order valence-electron chi connectivity index (χ3n) is 4.89. The van der Waals surface area contributed by atoms with Gasteiger partial charge in [-0.1, -0.05) is 48.0 Å². The van der Waals surface area contributed by atoms with Crippen LogP contribution in [0.15, 0.2) is 60.8 Å². The Bertz CT molecular complexity index is 1200. The van der Waals surface area contributed by atoms with E-state index in [0.717, 1.165) is 22.5 Å². The molecular weight excluding hydrogens is 364 g/mol. The van der Waals surface area contributed by atoms with Gasteiger partial charge in [0.1, 0.15) is 11.7 Å². The number of fused-ring (bicyclic) bond motifs is 1. The van der Waals surface area contributed by atoms with Crippen molar-refractivity contribution in [2.45, 2.75) is 26.9 Å². The van der Waals surface area contributed by atoms with Crippen molar-refractivity contribution in [1.82, 2.24) is 14.6 Å². The molecule has 0 saturated carbocycles. The third kappa shape index (κ3) is 3.62. The molecule has 1 amide bonds. The van der Waals surface area contributed by atoms with E-state index >= 15 is 0 Å². The van der Waals surface area contributed by atoms with Gasteiger partial charge in [0.05, 0.1) is 6.20 Å². The average Bonchev–Trinajstić information content (AvgIpc) is 3.13. The second-order valence-electron chi connectivity index (χ2n) is 7.19. The van der Waals surface area contributed by atoms with Crippen LogP contribution in [-0.4, -0.2) is 25.6 Å². The van der Waals surface area contributed by atoms with Crippen molar-refractivity contribution in [3.05, 3.63) is 94.4 Å². The molecule has 0 bridgehead atoms. The Balaban J connectivity index is 1.71. The molecule has 2 heterocycles. The molecule has 1 atom stereocenters. The zero-order chi connectivity index (χ0) is 20.5. The van der Waals surface area contributed by atoms with Crippen molar-refractivity contribution >= 4 is 17.2 Å². The first-order chi connectivity index (χ1) is 13.9. The van der Waals surface area contributed by atoms with Crippen molar-refractivity contribution in [3.8, 4) is 0 Å². The smallest absolute Gasteiger partial charge is 0.261 e. The number of aliphatic hydroxyl groups excluding tert-OH is 1. The monoisotopic (exact) mass is 386 g/mol. The molecule has 6 nitrogen and oxygen atoms in total. The number of anilines is 1. The van der Waals surface area contributed by atoms with E-state index in [1.807, 2.05) is 75.4 Å². The number of hydrogen-bond acceptors (Lipinski definition) is 4. The molecule has 0 spiro atoms. The van der Waals surface area contributed by atoms with Crippen LogP contribution in [0.2, 0.25) is 0 Å². The Labute approximate surface area is 168 Å². The lowest BCUT2D eigenvalue weighted by molar-refractivity contribution is 0.102. The van der Waals surface area contributed by atoms with Crippen molar-refractivity contribution < 1.29 is 9.90 Å². The topological polar surface area (TPSA) is 79.5 Å². The van der Waals surface area contributed by atoms with Crippen molar-refractivity contribution in [1.29, 1.82) is 0 Å². The molecule has 0 aliphatic heterocycles. The average molecular weight is 386 g/mol. The lowest BCUT2D eigenvalue weighted by Crippen LogP contribution is -2.15. The first-order valence-electron chi connectivity index (χ1n) is 9.41. The van der Waals surface area contributed by atoms with E-state index in [2.05, 4.69) is 15.4 Å². The van der Waals surface area contributed by atoms with Crippen LogP contribution in [0.25, 0.3) is 5.65 Å². The number of rotatable bonds is 4. The van der Waals surface area contributed by atoms with Crippen molar-refractivity contribution in [2.75, 3.05) is 5.32 Å². The third-order valence-corrected chi connectivity index (χ3v) is 4.89. The highest BCUT2D eigenvalue weighted by molar-refractivity contribution is 6.08. The zero-order valence-corrected chi connectivity index (χ0v) is 16.5. The fourth-order valence-corrected chi connectivity index (χ4v) is 3.46. The largest absolute Gasteiger partial charge is 0.384 e. The van der Waals surface area contributed by atoms with Gasteiger partial charge < -0.3 is 10.4 Å². The van der Waals surface area contributed by atoms with E-state index in [9.17, 15) is 9.90 Å². The number of nitrogens with one attached hydrogen (secondary N) is 1. The quantitative estimate of drug-likeness (QED) is 0.556. The fourth-order valence-electron chi connectivity index (χ4n) is 3.46. The van der Waals surface area contributed by atoms with Gasteiger partial charge in [-0.15, -0.1) is 0 Å². The second kappa shape index (κ2) is 7.48. The Hall–Kier alpha value is -3.51. The summed E-state index contributed by atoms with van der Waals surface area (Å²) in [5.74, 6) is -0.317. The number of aromatic nitrogens is 3. The van der Waals surface area contributed by atoms with E-state index in [0.29, 0.717) is 22.5 Å². The van der Waals surface area contributed by atoms with Crippen LogP contribution in [0, 0.1) is 20.8 Å². The predicted molar refractivity (Wildman–Crippen MR) is 112 cm³/mol. The van der Waals surface area contributed by atoms with Crippen LogP contribution < -0.4 is 5.32 Å². The Morgan fingerprint density at radius 1 is 1.07 bits per heavy atom. The molecule has 29 heavy (non-hydrogen) atoms. The Morgan fingerprint density at radius 2 is 1.83 bits per heavy atom. The normalized spacial score (nSPS) is 12.1. The lowest BCUT2D eigenvalue weighted by atomic mass is 9.98. The summed E-state index contributed by atoms with van der Waals surface area (Å²) in [7, 11) is 0. The van der Waals surface area contributed by atoms with Gasteiger partial charge in [-0.3, -0.25) is 4.79 Å². The van der Waals surface area contributed by atoms with Crippen LogP contribution in [0.5, 0.6) is 0 Å². The molecule has 0 saturated heterocycles. The fraction of sp³-hybridized carbons (Fsp3) is 0.174. The Kier molecular flexibility index (Phi) is 4.86. The lowest BCUT2D eigenvalue weighted by Gasteiger charge is -2.17. The van der Waals surface area contributed by atoms with Crippen LogP contribution in [0.4, 0.5) is 5.69 Å². The SMILES string of the molecule is Cc1ccc(NC(=O)c2cnn3c(C)cc(C)nc23)c(C(O)c2ccccc2)c1. The van der Waals surface area contributed by atoms with Crippen LogP contribution in [0.3, 0.4) is 0 Å². The number of nitrogens with zero attached hydrogens (tertiary/aromatic N) is 3. The van der Waals surface area contributed by atoms with E-state index < -0.39 is 6.10 Å². The number of benzene rings is 2. The number of aliphatic hydroxyl groups is 1. The maximum Gasteiger partial charge on any atom is 0.261 e. The molecule has 1 unspecified atom stereocenters. The number of hydrogen-bond donors (Lipinski definition) is 2. The summed E-state index contributed by atoms with van der Waals surface area (Å²) in [6, 6.07) is 16.9. The molecule has 0 aliphatic rings. The van der Waals surface area contributed by atoms with Crippen LogP contribution in [-0.2, 0) is 0 Å². The number of carbonyl (C=O) groups is 1. The second-order valence-corrected chi connectivity index (χ2v) is 7.19. The molecule has 2 aromatic carbocycles. The summed E-state index contributed by atoms with van der Waals surface area (Å²) in [4.78, 5) is 17.5. The van der Waals surface area contributed by atoms with Gasteiger partial charge in [-0.05, 0) is 38.5 Å². The molecule has 2 aromatic heterocycles. The molecule has 0 aliphatic carbocycles. The van der Waals surface area contributed by atoms with Crippen LogP contribution in [0.1, 0.15) is 44.5 Å². The zero-order valence-electron chi connectivity index (χ0n) is 16.5. The minimum Gasteiger partial charge on any atom is -0.384 e. The Morgan fingerprint density at radius 3 is 2.59 bits per heavy atom. The first-order valence-corrected chi connectivity index (χ1v) is 9.41. The standard InChI is InChI=1S/C23H22N4O2/c1-14-9-10-20(18(11-14)21(28)17-7-5-4-6-8-17)26-23(29)19-13-24-27-16(3)12-15(2)25-22(19)27/h4-13,21,28H,1-3H3,(H,26,29). The minimum atomic E-state index is -0.849. The number of amides is 1. The number of carbonyl (C=O) groups excluding carboxylic acids is 1. The highest BCUT2D eigenvalue weighted by Gasteiger charge is 2.20. The van der Waals surface area contributed by atoms with Gasteiger partial charge in [0.2, 0.25) is 0 Å². The molecule has 4 aromatic rings. The van der Waals surface area contributed by atoms with Gasteiger partial charge >= 0.3 is 0 Å². The first kappa shape index (κ1) is 18.8. The molecule has 146 valence electrons. The molecular formula is C23H22N4O2. The highest BCUT2D eigenvalue weighted by atomic mass is 16.3. The maximum atomic E-state index is 13.0. The molecule has 0 radical (unpaired) electrons. The van der Waals surface area contributed by atoms with Crippen LogP contribution >= 0.6 is 0 Å². The van der Waals surface area contributed by atoms with Gasteiger partial charge in [0, 0.05) is 22.6 Å². The molecule has 2 N–H and O–H groups in total. The maximum absolute atomic E-state index is 13.0. The summed E-state index contributed by atoms with van der Waals surface area (Å²) < 4.78 is 1.65. The van der Waals surface area contributed by atoms with Gasteiger partial charge in [0.15, 0.2) is 5.65 Å². The van der Waals surface area contributed by atoms with E-state index in [1.54, 1.807) is 4.52 Å². The van der Waals surface area contributed by atoms with Crippen molar-refractivity contribution in [2.24, 2.45) is 0 Å². The summed E-state index contributed by atoms with van der Waals surface area (Å²) >= 11 is 0. The summed E-state index contributed by atoms with van der Waals surface area (Å²) in [5, 5.41) is 18.1. The highest BCUT2D eigenvalue weighted by Crippen LogP contribution is 2.30. The molecule has 4 rings (SSSR count). The molecule has 6 heteroatoms. The molecule has 0 fully saturated rings. The summed E-state index contributed by atoms with van der Waals surface area (Å²) in [6.07, 6.45) is 0.670.